The maximum Gasteiger partial charge on any atom is 0.252 e. The van der Waals surface area contributed by atoms with E-state index in [0.29, 0.717) is 0 Å². The predicted molar refractivity (Wildman–Crippen MR) is 48.0 cm³/mol. The highest BCUT2D eigenvalue weighted by molar-refractivity contribution is 7.89. The maximum absolute atomic E-state index is 10.9. The Labute approximate surface area is 80.2 Å². The summed E-state index contributed by atoms with van der Waals surface area (Å²) in [6.07, 6.45) is 0. The molecule has 0 spiro atoms. The van der Waals surface area contributed by atoms with Crippen molar-refractivity contribution in [2.45, 2.75) is 4.90 Å². The fraction of sp³-hybridized carbons (Fsp3) is 0. The summed E-state index contributed by atoms with van der Waals surface area (Å²) < 4.78 is 21.7. The van der Waals surface area contributed by atoms with E-state index in [9.17, 15) is 13.2 Å². The van der Waals surface area contributed by atoms with Gasteiger partial charge in [-0.1, -0.05) is 0 Å². The number of rotatable bonds is 2. The van der Waals surface area contributed by atoms with Gasteiger partial charge in [-0.05, 0) is 18.2 Å². The molecule has 0 radical (unpaired) electrons. The van der Waals surface area contributed by atoms with E-state index in [0.717, 1.165) is 18.2 Å². The van der Waals surface area contributed by atoms with E-state index in [-0.39, 0.29) is 16.2 Å². The monoisotopic (exact) mass is 216 g/mol. The van der Waals surface area contributed by atoms with Crippen LogP contribution < -0.4 is 10.9 Å². The molecule has 5 N–H and O–H groups in total. The number of sulfonamides is 1. The van der Waals surface area contributed by atoms with Crippen LogP contribution in [0, 0.1) is 0 Å². The fourth-order valence-electron chi connectivity index (χ4n) is 0.889. The minimum atomic E-state index is -3.89. The zero-order valence-electron chi connectivity index (χ0n) is 6.97. The highest BCUT2D eigenvalue weighted by Crippen LogP contribution is 2.19. The molecule has 14 heavy (non-hydrogen) atoms. The Bertz CT molecular complexity index is 480. The van der Waals surface area contributed by atoms with Gasteiger partial charge < -0.3 is 10.8 Å². The number of primary amides is 1. The molecule has 0 saturated heterocycles. The summed E-state index contributed by atoms with van der Waals surface area (Å²) in [4.78, 5) is 10.5. The number of amides is 1. The second kappa shape index (κ2) is 3.28. The summed E-state index contributed by atoms with van der Waals surface area (Å²) in [5.74, 6) is -1.31. The topological polar surface area (TPSA) is 123 Å². The van der Waals surface area contributed by atoms with Crippen LogP contribution in [-0.4, -0.2) is 19.4 Å². The van der Waals surface area contributed by atoms with Crippen LogP contribution in [0.25, 0.3) is 0 Å². The number of phenols is 1. The minimum Gasteiger partial charge on any atom is -0.507 e. The highest BCUT2D eigenvalue weighted by Gasteiger charge is 2.13. The summed E-state index contributed by atoms with van der Waals surface area (Å²) in [7, 11) is -3.89. The third kappa shape index (κ3) is 2.01. The van der Waals surface area contributed by atoms with Crippen LogP contribution in [0.5, 0.6) is 5.75 Å². The zero-order chi connectivity index (χ0) is 10.9. The molecule has 1 amide bonds. The van der Waals surface area contributed by atoms with Crippen LogP contribution in [0.3, 0.4) is 0 Å². The molecule has 1 rings (SSSR count). The Morgan fingerprint density at radius 1 is 1.36 bits per heavy atom. The van der Waals surface area contributed by atoms with Gasteiger partial charge in [0.1, 0.15) is 5.75 Å². The molecule has 76 valence electrons. The van der Waals surface area contributed by atoms with Crippen molar-refractivity contribution < 1.29 is 18.3 Å². The van der Waals surface area contributed by atoms with Crippen molar-refractivity contribution >= 4 is 15.9 Å². The molecule has 0 aliphatic rings. The maximum atomic E-state index is 10.9. The van der Waals surface area contributed by atoms with E-state index in [4.69, 9.17) is 16.0 Å². The molecule has 0 atom stereocenters. The third-order valence-corrected chi connectivity index (χ3v) is 2.47. The van der Waals surface area contributed by atoms with E-state index >= 15 is 0 Å². The molecule has 1 aromatic rings. The number of benzene rings is 1. The second-order valence-corrected chi connectivity index (χ2v) is 4.15. The van der Waals surface area contributed by atoms with Gasteiger partial charge in [0.25, 0.3) is 5.91 Å². The summed E-state index contributed by atoms with van der Waals surface area (Å²) in [6.45, 7) is 0. The van der Waals surface area contributed by atoms with Crippen LogP contribution in [0.4, 0.5) is 0 Å². The molecule has 0 aromatic heterocycles. The van der Waals surface area contributed by atoms with E-state index < -0.39 is 15.9 Å². The quantitative estimate of drug-likeness (QED) is 0.594. The van der Waals surface area contributed by atoms with Crippen LogP contribution in [0.1, 0.15) is 10.4 Å². The van der Waals surface area contributed by atoms with Gasteiger partial charge in [-0.15, -0.1) is 0 Å². The van der Waals surface area contributed by atoms with E-state index in [1.807, 2.05) is 0 Å². The summed E-state index contributed by atoms with van der Waals surface area (Å²) in [5.41, 5.74) is 4.61. The second-order valence-electron chi connectivity index (χ2n) is 2.59. The van der Waals surface area contributed by atoms with E-state index in [2.05, 4.69) is 0 Å². The van der Waals surface area contributed by atoms with Crippen molar-refractivity contribution in [1.29, 1.82) is 0 Å². The van der Waals surface area contributed by atoms with Crippen LogP contribution in [0.2, 0.25) is 0 Å². The van der Waals surface area contributed by atoms with Gasteiger partial charge in [-0.25, -0.2) is 13.6 Å². The van der Waals surface area contributed by atoms with Crippen molar-refractivity contribution in [3.8, 4) is 5.75 Å². The third-order valence-electron chi connectivity index (χ3n) is 1.56. The number of carbonyl (C=O) groups is 1. The average molecular weight is 216 g/mol. The first kappa shape index (κ1) is 10.5. The molecule has 0 fully saturated rings. The van der Waals surface area contributed by atoms with Crippen molar-refractivity contribution in [3.05, 3.63) is 23.8 Å². The van der Waals surface area contributed by atoms with E-state index in [1.54, 1.807) is 0 Å². The molecule has 0 heterocycles. The number of aromatic hydroxyl groups is 1. The Kier molecular flexibility index (Phi) is 2.45. The van der Waals surface area contributed by atoms with Crippen LogP contribution >= 0.6 is 0 Å². The first-order valence-corrected chi connectivity index (χ1v) is 5.02. The summed E-state index contributed by atoms with van der Waals surface area (Å²) in [6, 6.07) is 3.05. The number of hydrogen-bond acceptors (Lipinski definition) is 4. The lowest BCUT2D eigenvalue weighted by Gasteiger charge is -2.02. The molecule has 0 unspecified atom stereocenters. The molecule has 0 aliphatic carbocycles. The molecule has 0 saturated carbocycles. The molecule has 0 aliphatic heterocycles. The van der Waals surface area contributed by atoms with Crippen molar-refractivity contribution in [2.24, 2.45) is 10.9 Å². The Morgan fingerprint density at radius 3 is 2.36 bits per heavy atom. The number of carbonyl (C=O) groups excluding carboxylic acids is 1. The SMILES string of the molecule is NC(=O)c1cc(S(N)(=O)=O)ccc1O. The predicted octanol–water partition coefficient (Wildman–Crippen LogP) is -0.861. The smallest absolute Gasteiger partial charge is 0.252 e. The van der Waals surface area contributed by atoms with Gasteiger partial charge in [0.05, 0.1) is 10.5 Å². The Morgan fingerprint density at radius 2 is 1.93 bits per heavy atom. The van der Waals surface area contributed by atoms with E-state index in [1.165, 1.54) is 0 Å². The van der Waals surface area contributed by atoms with Gasteiger partial charge in [0.2, 0.25) is 10.0 Å². The lowest BCUT2D eigenvalue weighted by molar-refractivity contribution is 0.0997. The summed E-state index contributed by atoms with van der Waals surface area (Å²) >= 11 is 0. The number of primary sulfonamides is 1. The molecular formula is C7H8N2O4S. The normalized spacial score (nSPS) is 11.2. The minimum absolute atomic E-state index is 0.274. The van der Waals surface area contributed by atoms with Crippen molar-refractivity contribution in [3.63, 3.8) is 0 Å². The average Bonchev–Trinajstić information content (AvgIpc) is 2.02. The Hall–Kier alpha value is -1.60. The van der Waals surface area contributed by atoms with Gasteiger partial charge in [0.15, 0.2) is 0 Å². The van der Waals surface area contributed by atoms with Crippen LogP contribution in [0.15, 0.2) is 23.1 Å². The summed E-state index contributed by atoms with van der Waals surface area (Å²) in [5, 5.41) is 13.9. The standard InChI is InChI=1S/C7H8N2O4S/c8-7(11)5-3-4(14(9,12)13)1-2-6(5)10/h1-3,10H,(H2,8,11)(H2,9,12,13). The molecule has 6 nitrogen and oxygen atoms in total. The van der Waals surface area contributed by atoms with Gasteiger partial charge in [0, 0.05) is 0 Å². The lowest BCUT2D eigenvalue weighted by Crippen LogP contribution is -2.15. The van der Waals surface area contributed by atoms with Gasteiger partial charge in [-0.3, -0.25) is 4.79 Å². The number of nitrogens with two attached hydrogens (primary N) is 2. The van der Waals surface area contributed by atoms with Crippen molar-refractivity contribution in [1.82, 2.24) is 0 Å². The Balaban J connectivity index is 3.42. The van der Waals surface area contributed by atoms with Crippen LogP contribution in [-0.2, 0) is 10.0 Å². The molecule has 0 bridgehead atoms. The largest absolute Gasteiger partial charge is 0.507 e. The highest BCUT2D eigenvalue weighted by atomic mass is 32.2. The molecular weight excluding hydrogens is 208 g/mol. The lowest BCUT2D eigenvalue weighted by atomic mass is 10.2. The van der Waals surface area contributed by atoms with Crippen molar-refractivity contribution in [2.75, 3.05) is 0 Å². The number of hydrogen-bond donors (Lipinski definition) is 3. The fourth-order valence-corrected chi connectivity index (χ4v) is 1.43. The molecule has 1 aromatic carbocycles. The van der Waals surface area contributed by atoms with Gasteiger partial charge >= 0.3 is 0 Å². The molecule has 7 heteroatoms. The van der Waals surface area contributed by atoms with Gasteiger partial charge in [-0.2, -0.15) is 0 Å². The first-order valence-electron chi connectivity index (χ1n) is 3.48. The zero-order valence-corrected chi connectivity index (χ0v) is 7.78. The first-order chi connectivity index (χ1) is 6.32.